The summed E-state index contributed by atoms with van der Waals surface area (Å²) < 4.78 is 0. The molecule has 0 fully saturated rings. The fraction of sp³-hybridized carbons (Fsp3) is 0.263. The van der Waals surface area contributed by atoms with Gasteiger partial charge in [0.05, 0.1) is 6.04 Å². The number of fused-ring (bicyclic) bond motifs is 2. The molecular formula is C19H19NS. The van der Waals surface area contributed by atoms with Crippen molar-refractivity contribution in [3.63, 3.8) is 0 Å². The molecule has 1 aromatic carbocycles. The van der Waals surface area contributed by atoms with Crippen LogP contribution in [0.25, 0.3) is 10.4 Å². The lowest BCUT2D eigenvalue weighted by Crippen LogP contribution is -2.33. The van der Waals surface area contributed by atoms with E-state index in [1.807, 2.05) is 11.3 Å². The van der Waals surface area contributed by atoms with E-state index >= 15 is 0 Å². The van der Waals surface area contributed by atoms with Crippen molar-refractivity contribution in [3.8, 4) is 10.4 Å². The fourth-order valence-electron chi connectivity index (χ4n) is 3.48. The molecule has 1 unspecified atom stereocenters. The highest BCUT2D eigenvalue weighted by Crippen LogP contribution is 2.41. The van der Waals surface area contributed by atoms with Crippen LogP contribution < -0.4 is 0 Å². The van der Waals surface area contributed by atoms with Crippen molar-refractivity contribution in [2.45, 2.75) is 19.4 Å². The maximum atomic E-state index is 2.50. The monoisotopic (exact) mass is 293 g/mol. The first-order valence-electron chi connectivity index (χ1n) is 7.51. The van der Waals surface area contributed by atoms with Gasteiger partial charge in [0, 0.05) is 16.3 Å². The highest BCUT2D eigenvalue weighted by Gasteiger charge is 2.28. The van der Waals surface area contributed by atoms with Gasteiger partial charge in [0.25, 0.3) is 0 Å². The normalized spacial score (nSPS) is 18.9. The third kappa shape index (κ3) is 2.10. The number of hydrogen-bond donors (Lipinski definition) is 0. The van der Waals surface area contributed by atoms with Gasteiger partial charge in [-0.05, 0) is 54.8 Å². The Balaban J connectivity index is 1.90. The van der Waals surface area contributed by atoms with Crippen molar-refractivity contribution < 1.29 is 0 Å². The van der Waals surface area contributed by atoms with Crippen molar-refractivity contribution in [2.75, 3.05) is 13.6 Å². The smallest absolute Gasteiger partial charge is 0.0699 e. The van der Waals surface area contributed by atoms with Gasteiger partial charge in [-0.1, -0.05) is 36.4 Å². The quantitative estimate of drug-likeness (QED) is 0.626. The molecule has 0 saturated heterocycles. The van der Waals surface area contributed by atoms with E-state index in [1.165, 1.54) is 32.0 Å². The summed E-state index contributed by atoms with van der Waals surface area (Å²) in [6, 6.07) is 18.3. The second-order valence-electron chi connectivity index (χ2n) is 5.96. The van der Waals surface area contributed by atoms with Crippen LogP contribution in [0.15, 0.2) is 48.5 Å². The predicted molar refractivity (Wildman–Crippen MR) is 90.3 cm³/mol. The molecule has 2 aliphatic heterocycles. The summed E-state index contributed by atoms with van der Waals surface area (Å²) in [5, 5.41) is 0. The van der Waals surface area contributed by atoms with E-state index < -0.39 is 0 Å². The summed E-state index contributed by atoms with van der Waals surface area (Å²) in [6.45, 7) is 3.38. The Kier molecular flexibility index (Phi) is 3.09. The zero-order chi connectivity index (χ0) is 14.4. The minimum atomic E-state index is 0.402. The van der Waals surface area contributed by atoms with E-state index in [4.69, 9.17) is 0 Å². The number of hydrogen-bond acceptors (Lipinski definition) is 2. The van der Waals surface area contributed by atoms with Crippen molar-refractivity contribution in [2.24, 2.45) is 0 Å². The van der Waals surface area contributed by atoms with Crippen molar-refractivity contribution >= 4 is 11.3 Å². The molecule has 0 saturated carbocycles. The molecule has 4 rings (SSSR count). The first-order chi connectivity index (χ1) is 10.2. The van der Waals surface area contributed by atoms with Gasteiger partial charge in [-0.3, -0.25) is 4.90 Å². The van der Waals surface area contributed by atoms with Crippen molar-refractivity contribution in [1.82, 2.24) is 4.90 Å². The molecule has 2 heterocycles. The van der Waals surface area contributed by atoms with Crippen LogP contribution in [0.1, 0.15) is 27.6 Å². The lowest BCUT2D eigenvalue weighted by atomic mass is 9.88. The van der Waals surface area contributed by atoms with Crippen LogP contribution in [0.3, 0.4) is 0 Å². The first kappa shape index (κ1) is 13.1. The van der Waals surface area contributed by atoms with E-state index in [2.05, 4.69) is 67.4 Å². The van der Waals surface area contributed by atoms with Gasteiger partial charge in [0.2, 0.25) is 0 Å². The second-order valence-corrected chi connectivity index (χ2v) is 7.08. The van der Waals surface area contributed by atoms with Gasteiger partial charge in [-0.15, -0.1) is 11.3 Å². The molecule has 0 aromatic heterocycles. The molecule has 0 radical (unpaired) electrons. The summed E-state index contributed by atoms with van der Waals surface area (Å²) in [5.41, 5.74) is 5.81. The SMILES string of the molecule is Cc1cccc2c1C(c1ccc3cccc-3s1)N(C)CC2. The van der Waals surface area contributed by atoms with Crippen LogP contribution in [0.4, 0.5) is 0 Å². The molecule has 0 bridgehead atoms. The van der Waals surface area contributed by atoms with Crippen LogP contribution in [0.2, 0.25) is 0 Å². The van der Waals surface area contributed by atoms with Crippen molar-refractivity contribution in [1.29, 1.82) is 0 Å². The number of aryl methyl sites for hydroxylation is 1. The van der Waals surface area contributed by atoms with E-state index in [1.54, 1.807) is 0 Å². The van der Waals surface area contributed by atoms with Crippen molar-refractivity contribution in [3.05, 3.63) is 70.1 Å². The molecule has 0 amide bonds. The molecule has 1 atom stereocenters. The molecule has 1 nitrogen and oxygen atoms in total. The first-order valence-corrected chi connectivity index (χ1v) is 8.33. The predicted octanol–water partition coefficient (Wildman–Crippen LogP) is 4.74. The van der Waals surface area contributed by atoms with Gasteiger partial charge in [-0.2, -0.15) is 0 Å². The molecule has 21 heavy (non-hydrogen) atoms. The average Bonchev–Trinajstić information content (AvgIpc) is 2.95. The Morgan fingerprint density at radius 3 is 2.81 bits per heavy atom. The molecule has 1 aliphatic carbocycles. The summed E-state index contributed by atoms with van der Waals surface area (Å²) in [7, 11) is 2.25. The van der Waals surface area contributed by atoms with Gasteiger partial charge >= 0.3 is 0 Å². The Hall–Kier alpha value is -1.64. The van der Waals surface area contributed by atoms with Gasteiger partial charge in [-0.25, -0.2) is 0 Å². The van der Waals surface area contributed by atoms with E-state index in [-0.39, 0.29) is 0 Å². The van der Waals surface area contributed by atoms with E-state index in [0.717, 1.165) is 13.0 Å². The van der Waals surface area contributed by atoms with Crippen LogP contribution in [-0.2, 0) is 6.42 Å². The van der Waals surface area contributed by atoms with E-state index in [9.17, 15) is 0 Å². The molecular weight excluding hydrogens is 274 g/mol. The highest BCUT2D eigenvalue weighted by atomic mass is 32.1. The van der Waals surface area contributed by atoms with Crippen LogP contribution >= 0.6 is 11.3 Å². The van der Waals surface area contributed by atoms with Crippen LogP contribution in [0.5, 0.6) is 0 Å². The summed E-state index contributed by atoms with van der Waals surface area (Å²) in [6.07, 6.45) is 1.16. The number of likely N-dealkylation sites (N-methyl/N-ethyl adjacent to an activating group) is 1. The molecule has 0 spiro atoms. The topological polar surface area (TPSA) is 3.24 Å². The molecule has 0 N–H and O–H groups in total. The Bertz CT molecular complexity index is 758. The van der Waals surface area contributed by atoms with Gasteiger partial charge < -0.3 is 0 Å². The Labute approximate surface area is 130 Å². The zero-order valence-electron chi connectivity index (χ0n) is 12.5. The summed E-state index contributed by atoms with van der Waals surface area (Å²) >= 11 is 1.93. The lowest BCUT2D eigenvalue weighted by molar-refractivity contribution is 0.267. The molecule has 3 aliphatic rings. The van der Waals surface area contributed by atoms with Gasteiger partial charge in [0.1, 0.15) is 0 Å². The Morgan fingerprint density at radius 1 is 1.05 bits per heavy atom. The third-order valence-electron chi connectivity index (χ3n) is 4.59. The third-order valence-corrected chi connectivity index (χ3v) is 5.78. The molecule has 1 aromatic rings. The summed E-state index contributed by atoms with van der Waals surface area (Å²) in [4.78, 5) is 5.34. The average molecular weight is 293 g/mol. The maximum absolute atomic E-state index is 2.50. The maximum Gasteiger partial charge on any atom is 0.0699 e. The minimum absolute atomic E-state index is 0.402. The summed E-state index contributed by atoms with van der Waals surface area (Å²) in [5.74, 6) is 0. The minimum Gasteiger partial charge on any atom is -0.294 e. The standard InChI is InChI=1S/C19H19NS/c1-13-5-3-7-15-11-12-20(2)19(18(13)15)17-10-9-14-6-4-8-16(14)21-17/h3-10,19H,11-12H2,1-2H3. The number of nitrogens with zero attached hydrogens (tertiary/aromatic N) is 1. The van der Waals surface area contributed by atoms with E-state index in [0.29, 0.717) is 6.04 Å². The fourth-order valence-corrected chi connectivity index (χ4v) is 4.68. The van der Waals surface area contributed by atoms with Gasteiger partial charge in [0.15, 0.2) is 0 Å². The molecule has 2 heteroatoms. The number of benzene rings is 1. The zero-order valence-corrected chi connectivity index (χ0v) is 13.3. The second kappa shape index (κ2) is 4.97. The number of rotatable bonds is 1. The van der Waals surface area contributed by atoms with Crippen LogP contribution in [0, 0.1) is 6.92 Å². The largest absolute Gasteiger partial charge is 0.294 e. The lowest BCUT2D eigenvalue weighted by Gasteiger charge is -2.36. The van der Waals surface area contributed by atoms with Crippen LogP contribution in [-0.4, -0.2) is 18.5 Å². The Morgan fingerprint density at radius 2 is 1.90 bits per heavy atom. The molecule has 106 valence electrons. The highest BCUT2D eigenvalue weighted by molar-refractivity contribution is 7.15.